The molecule has 37 heavy (non-hydrogen) atoms. The molecule has 0 amide bonds. The van der Waals surface area contributed by atoms with Gasteiger partial charge < -0.3 is 24.8 Å². The Labute approximate surface area is 232 Å². The SMILES string of the molecule is CC(C)OC(=O)[C@@H](C)N[P@@](=O)(OC[C@H]1OC(n2cc(I)c(N)nc2=O)[C@](C)(Cl)[C@@H]1O)Oc1ccccc1. The zero-order valence-corrected chi connectivity index (χ0v) is 24.3. The molecule has 1 aromatic carbocycles. The topological polar surface area (TPSA) is 164 Å². The van der Waals surface area contributed by atoms with Gasteiger partial charge in [0, 0.05) is 6.20 Å². The van der Waals surface area contributed by atoms with Gasteiger partial charge in [0.25, 0.3) is 0 Å². The van der Waals surface area contributed by atoms with Gasteiger partial charge in [0.15, 0.2) is 6.23 Å². The Bertz CT molecular complexity index is 1210. The van der Waals surface area contributed by atoms with E-state index in [1.165, 1.54) is 20.0 Å². The normalized spacial score (nSPS) is 26.0. The standard InChI is InChI=1S/C22H29ClIN4O8P/c1-12(2)34-19(30)13(3)27-37(32,36-14-8-6-5-7-9-14)33-11-16-17(29)22(4,23)20(35-16)28-10-15(24)18(25)26-21(28)31/h5-10,12-13,16-17,20,29H,11H2,1-4H3,(H,27,32)(H2,25,26,31)/t13-,16-,17-,20?,22-,37-/m1/s1. The van der Waals surface area contributed by atoms with E-state index in [-0.39, 0.29) is 17.7 Å². The van der Waals surface area contributed by atoms with Crippen molar-refractivity contribution >= 4 is 53.7 Å². The summed E-state index contributed by atoms with van der Waals surface area (Å²) in [5.74, 6) is -0.401. The summed E-state index contributed by atoms with van der Waals surface area (Å²) >= 11 is 8.51. The maximum absolute atomic E-state index is 13.7. The van der Waals surface area contributed by atoms with Crippen LogP contribution in [0.25, 0.3) is 0 Å². The van der Waals surface area contributed by atoms with Crippen LogP contribution in [0.2, 0.25) is 0 Å². The van der Waals surface area contributed by atoms with E-state index in [2.05, 4.69) is 10.1 Å². The van der Waals surface area contributed by atoms with E-state index in [0.29, 0.717) is 3.57 Å². The summed E-state index contributed by atoms with van der Waals surface area (Å²) in [6.07, 6.45) is -2.59. The second-order valence-corrected chi connectivity index (χ2v) is 12.5. The van der Waals surface area contributed by atoms with Crippen molar-refractivity contribution in [2.75, 3.05) is 12.3 Å². The van der Waals surface area contributed by atoms with Gasteiger partial charge in [-0.15, -0.1) is 11.6 Å². The van der Waals surface area contributed by atoms with Gasteiger partial charge in [0.1, 0.15) is 34.7 Å². The number of nitrogens with two attached hydrogens (primary N) is 1. The number of nitrogen functional groups attached to an aromatic ring is 1. The molecule has 3 rings (SSSR count). The molecule has 204 valence electrons. The highest BCUT2D eigenvalue weighted by Crippen LogP contribution is 2.48. The molecule has 12 nitrogen and oxygen atoms in total. The molecule has 1 fully saturated rings. The van der Waals surface area contributed by atoms with Gasteiger partial charge in [-0.3, -0.25) is 13.9 Å². The Balaban J connectivity index is 1.81. The molecule has 0 bridgehead atoms. The quantitative estimate of drug-likeness (QED) is 0.147. The lowest BCUT2D eigenvalue weighted by Crippen LogP contribution is -2.42. The van der Waals surface area contributed by atoms with Crippen LogP contribution < -0.4 is 21.0 Å². The number of benzene rings is 1. The number of hydrogen-bond donors (Lipinski definition) is 3. The first kappa shape index (κ1) is 29.8. The average molecular weight is 671 g/mol. The van der Waals surface area contributed by atoms with Crippen LogP contribution in [0, 0.1) is 3.57 Å². The molecular formula is C22H29ClIN4O8P. The number of carbonyl (C=O) groups is 1. The number of nitrogens with one attached hydrogen (secondary N) is 1. The van der Waals surface area contributed by atoms with Crippen LogP contribution in [0.1, 0.15) is 33.9 Å². The van der Waals surface area contributed by atoms with Crippen LogP contribution in [0.4, 0.5) is 5.82 Å². The van der Waals surface area contributed by atoms with E-state index in [1.807, 2.05) is 22.6 Å². The van der Waals surface area contributed by atoms with Gasteiger partial charge in [0.2, 0.25) is 0 Å². The largest absolute Gasteiger partial charge is 0.462 e. The van der Waals surface area contributed by atoms with Crippen molar-refractivity contribution in [3.8, 4) is 5.75 Å². The highest BCUT2D eigenvalue weighted by Gasteiger charge is 2.54. The van der Waals surface area contributed by atoms with Crippen molar-refractivity contribution < 1.29 is 33.0 Å². The highest BCUT2D eigenvalue weighted by atomic mass is 127. The molecule has 4 N–H and O–H groups in total. The third-order valence-electron chi connectivity index (χ3n) is 5.34. The van der Waals surface area contributed by atoms with Crippen molar-refractivity contribution in [1.29, 1.82) is 0 Å². The molecule has 0 spiro atoms. The molecule has 1 saturated heterocycles. The Morgan fingerprint density at radius 1 is 1.38 bits per heavy atom. The fourth-order valence-corrected chi connectivity index (χ4v) is 5.70. The first-order chi connectivity index (χ1) is 17.2. The number of ether oxygens (including phenoxy) is 2. The number of halogens is 2. The molecule has 1 aliphatic heterocycles. The average Bonchev–Trinajstić information content (AvgIpc) is 3.03. The number of esters is 1. The van der Waals surface area contributed by atoms with E-state index < -0.39 is 55.4 Å². The summed E-state index contributed by atoms with van der Waals surface area (Å²) < 4.78 is 37.5. The summed E-state index contributed by atoms with van der Waals surface area (Å²) in [6.45, 7) is 5.84. The van der Waals surface area contributed by atoms with Crippen LogP contribution >= 0.6 is 41.9 Å². The van der Waals surface area contributed by atoms with Crippen LogP contribution in [0.5, 0.6) is 5.75 Å². The lowest BCUT2D eigenvalue weighted by atomic mass is 10.0. The van der Waals surface area contributed by atoms with E-state index in [9.17, 15) is 19.3 Å². The molecule has 0 saturated carbocycles. The maximum Gasteiger partial charge on any atom is 0.459 e. The van der Waals surface area contributed by atoms with E-state index >= 15 is 0 Å². The monoisotopic (exact) mass is 670 g/mol. The number of para-hydroxylation sites is 1. The van der Waals surface area contributed by atoms with Crippen molar-refractivity contribution in [3.05, 3.63) is 50.6 Å². The Morgan fingerprint density at radius 3 is 2.65 bits per heavy atom. The van der Waals surface area contributed by atoms with Crippen LogP contribution in [0.3, 0.4) is 0 Å². The fraction of sp³-hybridized carbons (Fsp3) is 0.500. The second kappa shape index (κ2) is 12.0. The molecule has 1 unspecified atom stereocenters. The van der Waals surface area contributed by atoms with Crippen molar-refractivity contribution in [3.63, 3.8) is 0 Å². The predicted molar refractivity (Wildman–Crippen MR) is 144 cm³/mol. The summed E-state index contributed by atoms with van der Waals surface area (Å²) in [4.78, 5) is 27.0. The lowest BCUT2D eigenvalue weighted by Gasteiger charge is -2.26. The number of alkyl halides is 1. The fourth-order valence-electron chi connectivity index (χ4n) is 3.48. The first-order valence-corrected chi connectivity index (χ1v) is 14.3. The smallest absolute Gasteiger partial charge is 0.459 e. The summed E-state index contributed by atoms with van der Waals surface area (Å²) in [5.41, 5.74) is 4.98. The highest BCUT2D eigenvalue weighted by molar-refractivity contribution is 14.1. The van der Waals surface area contributed by atoms with Gasteiger partial charge in [0.05, 0.1) is 16.3 Å². The third-order valence-corrected chi connectivity index (χ3v) is 8.22. The van der Waals surface area contributed by atoms with Crippen LogP contribution in [-0.4, -0.2) is 56.5 Å². The molecule has 15 heteroatoms. The summed E-state index contributed by atoms with van der Waals surface area (Å²) in [6, 6.07) is 7.15. The van der Waals surface area contributed by atoms with Crippen molar-refractivity contribution in [2.24, 2.45) is 0 Å². The number of anilines is 1. The van der Waals surface area contributed by atoms with Crippen LogP contribution in [-0.2, 0) is 23.4 Å². The molecule has 1 aliphatic rings. The molecule has 0 aliphatic carbocycles. The predicted octanol–water partition coefficient (Wildman–Crippen LogP) is 2.82. The van der Waals surface area contributed by atoms with Crippen molar-refractivity contribution in [2.45, 2.75) is 63.2 Å². The summed E-state index contributed by atoms with van der Waals surface area (Å²) in [7, 11) is -4.21. The van der Waals surface area contributed by atoms with Gasteiger partial charge in [-0.1, -0.05) is 18.2 Å². The van der Waals surface area contributed by atoms with E-state index in [1.54, 1.807) is 44.2 Å². The molecular weight excluding hydrogens is 642 g/mol. The van der Waals surface area contributed by atoms with Crippen LogP contribution in [0.15, 0.2) is 41.3 Å². The molecule has 2 heterocycles. The van der Waals surface area contributed by atoms with E-state index in [0.717, 1.165) is 4.57 Å². The van der Waals surface area contributed by atoms with Gasteiger partial charge >= 0.3 is 19.4 Å². The van der Waals surface area contributed by atoms with Gasteiger partial charge in [-0.25, -0.2) is 9.36 Å². The maximum atomic E-state index is 13.7. The summed E-state index contributed by atoms with van der Waals surface area (Å²) in [5, 5.41) is 13.5. The molecule has 6 atom stereocenters. The number of hydrogen-bond acceptors (Lipinski definition) is 10. The minimum Gasteiger partial charge on any atom is -0.462 e. The zero-order valence-electron chi connectivity index (χ0n) is 20.5. The number of aliphatic hydroxyl groups is 1. The van der Waals surface area contributed by atoms with Crippen molar-refractivity contribution in [1.82, 2.24) is 14.6 Å². The number of aliphatic hydroxyl groups excluding tert-OH is 1. The molecule has 1 aromatic heterocycles. The minimum absolute atomic E-state index is 0.0479. The van der Waals surface area contributed by atoms with E-state index in [4.69, 9.17) is 35.9 Å². The third kappa shape index (κ3) is 7.22. The number of carbonyl (C=O) groups excluding carboxylic acids is 1. The number of nitrogens with zero attached hydrogens (tertiary/aromatic N) is 2. The Morgan fingerprint density at radius 2 is 2.03 bits per heavy atom. The molecule has 0 radical (unpaired) electrons. The first-order valence-electron chi connectivity index (χ1n) is 11.3. The Kier molecular flexibility index (Phi) is 9.65. The second-order valence-electron chi connectivity index (χ2n) is 8.82. The minimum atomic E-state index is -4.21. The van der Waals surface area contributed by atoms with Gasteiger partial charge in [-0.2, -0.15) is 10.1 Å². The Hall–Kier alpha value is -1.74. The number of aromatic nitrogens is 2. The van der Waals surface area contributed by atoms with Gasteiger partial charge in [-0.05, 0) is 62.4 Å². The molecule has 2 aromatic rings. The lowest BCUT2D eigenvalue weighted by molar-refractivity contribution is -0.149. The zero-order chi connectivity index (χ0) is 27.5. The number of rotatable bonds is 10.